The number of alkyl halides is 3. The van der Waals surface area contributed by atoms with Gasteiger partial charge in [0.2, 0.25) is 0 Å². The van der Waals surface area contributed by atoms with Gasteiger partial charge in [0.1, 0.15) is 24.6 Å². The van der Waals surface area contributed by atoms with Crippen LogP contribution in [0.2, 0.25) is 0 Å². The predicted octanol–water partition coefficient (Wildman–Crippen LogP) is 5.59. The highest BCUT2D eigenvalue weighted by Gasteiger charge is 2.30. The summed E-state index contributed by atoms with van der Waals surface area (Å²) in [5.41, 5.74) is 2.08. The van der Waals surface area contributed by atoms with Crippen molar-refractivity contribution < 1.29 is 22.5 Å². The number of hydrogen-bond acceptors (Lipinski definition) is 6. The van der Waals surface area contributed by atoms with Crippen molar-refractivity contribution in [3.8, 4) is 23.7 Å². The van der Waals surface area contributed by atoms with Crippen LogP contribution in [0.4, 0.5) is 24.5 Å². The largest absolute Gasteiger partial charge is 0.612 e. The van der Waals surface area contributed by atoms with Crippen molar-refractivity contribution in [3.63, 3.8) is 0 Å². The van der Waals surface area contributed by atoms with E-state index in [2.05, 4.69) is 41.2 Å². The summed E-state index contributed by atoms with van der Waals surface area (Å²) in [5.74, 6) is 6.18. The van der Waals surface area contributed by atoms with Crippen molar-refractivity contribution in [2.24, 2.45) is 0 Å². The predicted molar refractivity (Wildman–Crippen MR) is 157 cm³/mol. The summed E-state index contributed by atoms with van der Waals surface area (Å²) in [6, 6.07) is 14.7. The number of fused-ring (bicyclic) bond motifs is 1. The normalized spacial score (nSPS) is 15.3. The number of likely N-dealkylation sites (tertiary alicyclic amines) is 1. The van der Waals surface area contributed by atoms with Crippen molar-refractivity contribution in [3.05, 3.63) is 48.2 Å². The summed E-state index contributed by atoms with van der Waals surface area (Å²) >= 11 is -1.23. The fourth-order valence-electron chi connectivity index (χ4n) is 4.97. The minimum absolute atomic E-state index is 0.116. The highest BCUT2D eigenvalue weighted by atomic mass is 32.2. The van der Waals surface area contributed by atoms with E-state index in [9.17, 15) is 17.7 Å². The van der Waals surface area contributed by atoms with Crippen LogP contribution in [-0.4, -0.2) is 64.8 Å². The van der Waals surface area contributed by atoms with Crippen molar-refractivity contribution in [1.82, 2.24) is 9.47 Å². The Balaban J connectivity index is 1.56. The highest BCUT2D eigenvalue weighted by Crippen LogP contribution is 2.32. The molecule has 0 bridgehead atoms. The number of nitrogens with zero attached hydrogens (tertiary/aromatic N) is 3. The van der Waals surface area contributed by atoms with Gasteiger partial charge >= 0.3 is 6.18 Å². The van der Waals surface area contributed by atoms with Gasteiger partial charge in [-0.3, -0.25) is 0 Å². The first-order chi connectivity index (χ1) is 19.6. The van der Waals surface area contributed by atoms with Crippen LogP contribution in [0.3, 0.4) is 0 Å². The monoisotopic (exact) mass is 585 g/mol. The molecule has 0 saturated carbocycles. The fraction of sp³-hybridized carbons (Fsp3) is 0.433. The Morgan fingerprint density at radius 1 is 1.15 bits per heavy atom. The smallest absolute Gasteiger partial charge is 0.406 e. The molecule has 2 heterocycles. The molecule has 11 heteroatoms. The van der Waals surface area contributed by atoms with Crippen molar-refractivity contribution in [2.45, 2.75) is 56.4 Å². The van der Waals surface area contributed by atoms with Gasteiger partial charge < -0.3 is 29.4 Å². The summed E-state index contributed by atoms with van der Waals surface area (Å²) in [7, 11) is 0. The van der Waals surface area contributed by atoms with Crippen LogP contribution >= 0.6 is 0 Å². The third-order valence-electron chi connectivity index (χ3n) is 7.06. The van der Waals surface area contributed by atoms with Gasteiger partial charge in [-0.15, -0.1) is 0 Å². The second-order valence-corrected chi connectivity index (χ2v) is 11.6. The number of aromatic nitrogens is 1. The molecule has 1 fully saturated rings. The molecule has 1 unspecified atom stereocenters. The molecule has 41 heavy (non-hydrogen) atoms. The zero-order chi connectivity index (χ0) is 29.6. The second kappa shape index (κ2) is 13.4. The average molecular weight is 586 g/mol. The molecule has 1 saturated heterocycles. The summed E-state index contributed by atoms with van der Waals surface area (Å²) < 4.78 is 59.3. The SMILES string of the molecule is CC(C)N1CCC(Nc2cccc3c2cc(C#CCNc2ccc([S+](C)[O-])cc2OCC#N)n3CC(F)(F)F)CC1. The Labute approximate surface area is 241 Å². The molecule has 4 rings (SSSR count). The molecule has 1 aromatic heterocycles. The van der Waals surface area contributed by atoms with Crippen LogP contribution in [0.5, 0.6) is 5.75 Å². The van der Waals surface area contributed by atoms with Gasteiger partial charge in [0.25, 0.3) is 0 Å². The number of hydrogen-bond donors (Lipinski definition) is 2. The maximum Gasteiger partial charge on any atom is 0.406 e. The topological polar surface area (TPSA) is 88.3 Å². The van der Waals surface area contributed by atoms with E-state index >= 15 is 0 Å². The Morgan fingerprint density at radius 2 is 1.90 bits per heavy atom. The third kappa shape index (κ3) is 8.04. The second-order valence-electron chi connectivity index (χ2n) is 10.2. The maximum atomic E-state index is 13.6. The first-order valence-corrected chi connectivity index (χ1v) is 15.0. The molecule has 1 atom stereocenters. The Kier molecular flexibility index (Phi) is 9.98. The molecule has 1 aliphatic rings. The van der Waals surface area contributed by atoms with Gasteiger partial charge in [0.15, 0.2) is 11.5 Å². The number of nitriles is 1. The van der Waals surface area contributed by atoms with E-state index in [1.165, 1.54) is 4.57 Å². The molecular weight excluding hydrogens is 551 g/mol. The van der Waals surface area contributed by atoms with Gasteiger partial charge in [0, 0.05) is 42.3 Å². The zero-order valence-electron chi connectivity index (χ0n) is 23.3. The fourth-order valence-corrected chi connectivity index (χ4v) is 5.51. The molecule has 218 valence electrons. The first-order valence-electron chi connectivity index (χ1n) is 13.4. The van der Waals surface area contributed by atoms with Crippen LogP contribution in [0.25, 0.3) is 10.9 Å². The molecule has 0 amide bonds. The number of rotatable bonds is 9. The van der Waals surface area contributed by atoms with Crippen molar-refractivity contribution in [2.75, 3.05) is 43.1 Å². The van der Waals surface area contributed by atoms with E-state index in [1.807, 2.05) is 12.1 Å². The third-order valence-corrected chi connectivity index (χ3v) is 7.98. The lowest BCUT2D eigenvalue weighted by Gasteiger charge is -2.35. The van der Waals surface area contributed by atoms with Crippen LogP contribution in [0.15, 0.2) is 47.4 Å². The van der Waals surface area contributed by atoms with Gasteiger partial charge in [-0.25, -0.2) is 0 Å². The minimum atomic E-state index is -4.41. The zero-order valence-corrected chi connectivity index (χ0v) is 24.2. The average Bonchev–Trinajstić information content (AvgIpc) is 3.27. The van der Waals surface area contributed by atoms with Crippen LogP contribution in [-0.2, 0) is 17.7 Å². The number of piperidine rings is 1. The van der Waals surface area contributed by atoms with Crippen LogP contribution < -0.4 is 15.4 Å². The summed E-state index contributed by atoms with van der Waals surface area (Å²) in [6.45, 7) is 5.10. The lowest BCUT2D eigenvalue weighted by molar-refractivity contribution is -0.140. The summed E-state index contributed by atoms with van der Waals surface area (Å²) in [5, 5.41) is 16.2. The lowest BCUT2D eigenvalue weighted by atomic mass is 10.0. The molecule has 2 aromatic carbocycles. The number of ether oxygens (including phenoxy) is 1. The van der Waals surface area contributed by atoms with Gasteiger partial charge in [0.05, 0.1) is 23.4 Å². The lowest BCUT2D eigenvalue weighted by Crippen LogP contribution is -2.42. The number of benzene rings is 2. The molecule has 7 nitrogen and oxygen atoms in total. The minimum Gasteiger partial charge on any atom is -0.612 e. The number of nitrogens with one attached hydrogen (secondary N) is 2. The van der Waals surface area contributed by atoms with Crippen LogP contribution in [0, 0.1) is 23.2 Å². The van der Waals surface area contributed by atoms with E-state index in [0.717, 1.165) is 31.6 Å². The maximum absolute atomic E-state index is 13.6. The molecule has 0 spiro atoms. The molecular formula is C30H34F3N5O2S. The van der Waals surface area contributed by atoms with E-state index in [-0.39, 0.29) is 24.9 Å². The highest BCUT2D eigenvalue weighted by molar-refractivity contribution is 7.90. The summed E-state index contributed by atoms with van der Waals surface area (Å²) in [6.07, 6.45) is -0.947. The van der Waals surface area contributed by atoms with E-state index in [0.29, 0.717) is 33.3 Å². The molecule has 1 aliphatic heterocycles. The number of anilines is 2. The van der Waals surface area contributed by atoms with E-state index in [4.69, 9.17) is 10.00 Å². The Bertz CT molecular complexity index is 1440. The van der Waals surface area contributed by atoms with Gasteiger partial charge in [-0.1, -0.05) is 12.0 Å². The van der Waals surface area contributed by atoms with Crippen molar-refractivity contribution >= 4 is 33.5 Å². The standard InChI is InChI=1S/C30H34F3N5O2S/c1-21(2)37-15-11-22(12-16-37)36-26-7-4-8-28-25(26)18-23(38(28)20-30(31,32)33)6-5-14-35-27-10-9-24(41(3)39)19-29(27)40-17-13-34/h4,7-10,18-19,21-22,35-36H,11-12,14-17,20H2,1-3H3. The Morgan fingerprint density at radius 3 is 2.56 bits per heavy atom. The van der Waals surface area contributed by atoms with Gasteiger partial charge in [-0.2, -0.15) is 18.4 Å². The molecule has 3 aromatic rings. The summed E-state index contributed by atoms with van der Waals surface area (Å²) in [4.78, 5) is 2.97. The molecule has 0 aliphatic carbocycles. The number of halogens is 3. The van der Waals surface area contributed by atoms with E-state index in [1.54, 1.807) is 42.7 Å². The first kappa shape index (κ1) is 30.4. The van der Waals surface area contributed by atoms with Crippen LogP contribution in [0.1, 0.15) is 32.4 Å². The van der Waals surface area contributed by atoms with E-state index < -0.39 is 23.9 Å². The van der Waals surface area contributed by atoms with Crippen molar-refractivity contribution in [1.29, 1.82) is 5.26 Å². The van der Waals surface area contributed by atoms with Gasteiger partial charge in [-0.05, 0) is 74.1 Å². The quantitative estimate of drug-likeness (QED) is 0.251. The molecule has 2 N–H and O–H groups in total. The molecule has 0 radical (unpaired) electrons. The Hall–Kier alpha value is -3.51.